The molecule has 24 heavy (non-hydrogen) atoms. The van der Waals surface area contributed by atoms with E-state index in [1.807, 2.05) is 18.2 Å². The van der Waals surface area contributed by atoms with Gasteiger partial charge >= 0.3 is 0 Å². The minimum atomic E-state index is -2.09. The van der Waals surface area contributed by atoms with E-state index in [0.29, 0.717) is 5.56 Å². The molecule has 0 saturated carbocycles. The smallest absolute Gasteiger partial charge is 0.201 e. The fourth-order valence-corrected chi connectivity index (χ4v) is 3.98. The highest BCUT2D eigenvalue weighted by molar-refractivity contribution is 5.84. The Morgan fingerprint density at radius 1 is 0.917 bits per heavy atom. The number of pyridine rings is 1. The first kappa shape index (κ1) is 12.0. The number of aryl methyl sites for hydroxylation is 3. The van der Waals surface area contributed by atoms with E-state index in [4.69, 9.17) is 4.11 Å². The second-order valence-electron chi connectivity index (χ2n) is 7.29. The molecule has 1 aromatic heterocycles. The summed E-state index contributed by atoms with van der Waals surface area (Å²) in [5.74, 6) is 0. The summed E-state index contributed by atoms with van der Waals surface area (Å²) in [4.78, 5) is 0. The lowest BCUT2D eigenvalue weighted by Gasteiger charge is -2.22. The standard InChI is InChI=1S/C23H24N/c1-15-9-10-20-18(12-15)19-13-16(2)17(14-21(19)23(20,3)4)22-8-6-7-11-24(22)5/h6-14H,1-5H3/q+1/i1D3. The zero-order chi connectivity index (χ0) is 19.6. The summed E-state index contributed by atoms with van der Waals surface area (Å²) < 4.78 is 25.4. The highest BCUT2D eigenvalue weighted by Gasteiger charge is 2.36. The van der Waals surface area contributed by atoms with E-state index in [-0.39, 0.29) is 5.41 Å². The van der Waals surface area contributed by atoms with E-state index in [1.54, 1.807) is 6.07 Å². The molecule has 0 fully saturated rings. The predicted octanol–water partition coefficient (Wildman–Crippen LogP) is 5.10. The van der Waals surface area contributed by atoms with Gasteiger partial charge in [0.15, 0.2) is 6.20 Å². The third-order valence-corrected chi connectivity index (χ3v) is 5.35. The van der Waals surface area contributed by atoms with Gasteiger partial charge in [-0.2, -0.15) is 0 Å². The van der Waals surface area contributed by atoms with E-state index in [9.17, 15) is 0 Å². The van der Waals surface area contributed by atoms with Crippen LogP contribution in [-0.2, 0) is 12.5 Å². The number of aromatic nitrogens is 1. The van der Waals surface area contributed by atoms with Gasteiger partial charge in [-0.3, -0.25) is 0 Å². The second-order valence-corrected chi connectivity index (χ2v) is 7.29. The summed E-state index contributed by atoms with van der Waals surface area (Å²) in [6.07, 6.45) is 2.06. The zero-order valence-corrected chi connectivity index (χ0v) is 14.6. The van der Waals surface area contributed by atoms with Crippen LogP contribution in [0, 0.1) is 13.8 Å². The molecule has 0 saturated heterocycles. The number of hydrogen-bond donors (Lipinski definition) is 0. The molecule has 1 heteroatoms. The van der Waals surface area contributed by atoms with Gasteiger partial charge in [-0.1, -0.05) is 43.7 Å². The summed E-state index contributed by atoms with van der Waals surface area (Å²) in [6.45, 7) is 4.48. The minimum absolute atomic E-state index is 0.159. The normalized spacial score (nSPS) is 16.8. The van der Waals surface area contributed by atoms with Crippen LogP contribution in [0.2, 0.25) is 0 Å². The maximum atomic E-state index is 7.76. The molecule has 3 aromatic rings. The Morgan fingerprint density at radius 2 is 1.71 bits per heavy atom. The molecule has 0 N–H and O–H groups in total. The Bertz CT molecular complexity index is 1060. The van der Waals surface area contributed by atoms with Crippen LogP contribution in [0.5, 0.6) is 0 Å². The van der Waals surface area contributed by atoms with E-state index in [2.05, 4.69) is 62.8 Å². The van der Waals surface area contributed by atoms with Crippen LogP contribution in [0.4, 0.5) is 0 Å². The minimum Gasteiger partial charge on any atom is -0.201 e. The fraction of sp³-hybridized carbons (Fsp3) is 0.261. The van der Waals surface area contributed by atoms with Crippen molar-refractivity contribution < 1.29 is 8.68 Å². The fourth-order valence-electron chi connectivity index (χ4n) is 3.98. The quantitative estimate of drug-likeness (QED) is 0.550. The Morgan fingerprint density at radius 3 is 2.46 bits per heavy atom. The molecule has 4 rings (SSSR count). The summed E-state index contributed by atoms with van der Waals surface area (Å²) in [6, 6.07) is 16.3. The lowest BCUT2D eigenvalue weighted by molar-refractivity contribution is -0.660. The molecular formula is C23H24N+. The van der Waals surface area contributed by atoms with Crippen molar-refractivity contribution in [3.05, 3.63) is 77.0 Å². The first-order valence-corrected chi connectivity index (χ1v) is 8.36. The molecule has 1 aliphatic carbocycles. The van der Waals surface area contributed by atoms with Crippen molar-refractivity contribution in [1.29, 1.82) is 0 Å². The number of nitrogens with zero attached hydrogens (tertiary/aromatic N) is 1. The molecule has 0 amide bonds. The van der Waals surface area contributed by atoms with Crippen LogP contribution in [0.3, 0.4) is 0 Å². The zero-order valence-electron chi connectivity index (χ0n) is 17.6. The molecule has 0 radical (unpaired) electrons. The lowest BCUT2D eigenvalue weighted by Crippen LogP contribution is -2.30. The van der Waals surface area contributed by atoms with Crippen LogP contribution in [0.1, 0.15) is 40.2 Å². The van der Waals surface area contributed by atoms with Crippen molar-refractivity contribution in [2.24, 2.45) is 7.05 Å². The molecule has 0 aliphatic heterocycles. The van der Waals surface area contributed by atoms with Gasteiger partial charge in [0, 0.05) is 27.2 Å². The van der Waals surface area contributed by atoms with Crippen molar-refractivity contribution in [3.63, 3.8) is 0 Å². The first-order valence-electron chi connectivity index (χ1n) is 9.86. The highest BCUT2D eigenvalue weighted by Crippen LogP contribution is 2.50. The maximum Gasteiger partial charge on any atom is 0.212 e. The third-order valence-electron chi connectivity index (χ3n) is 5.35. The maximum absolute atomic E-state index is 7.76. The van der Waals surface area contributed by atoms with Crippen LogP contribution >= 0.6 is 0 Å². The summed E-state index contributed by atoms with van der Waals surface area (Å²) >= 11 is 0. The molecule has 0 spiro atoms. The average molecular weight is 317 g/mol. The summed E-state index contributed by atoms with van der Waals surface area (Å²) in [5, 5.41) is 0. The Labute approximate surface area is 148 Å². The van der Waals surface area contributed by atoms with Gasteiger partial charge in [0.2, 0.25) is 5.69 Å². The Kier molecular flexibility index (Phi) is 2.53. The van der Waals surface area contributed by atoms with Crippen LogP contribution in [0.15, 0.2) is 54.7 Å². The largest absolute Gasteiger partial charge is 0.212 e. The first-order chi connectivity index (χ1) is 12.6. The molecule has 0 bridgehead atoms. The molecule has 1 heterocycles. The van der Waals surface area contributed by atoms with Crippen molar-refractivity contribution in [1.82, 2.24) is 0 Å². The van der Waals surface area contributed by atoms with Crippen LogP contribution < -0.4 is 4.57 Å². The predicted molar refractivity (Wildman–Crippen MR) is 100 cm³/mol. The molecule has 1 nitrogen and oxygen atoms in total. The molecule has 0 atom stereocenters. The van der Waals surface area contributed by atoms with Gasteiger partial charge in [0.25, 0.3) is 0 Å². The lowest BCUT2D eigenvalue weighted by atomic mass is 9.81. The number of fused-ring (bicyclic) bond motifs is 3. The molecule has 120 valence electrons. The van der Waals surface area contributed by atoms with E-state index < -0.39 is 6.85 Å². The monoisotopic (exact) mass is 317 g/mol. The van der Waals surface area contributed by atoms with Gasteiger partial charge < -0.3 is 0 Å². The number of rotatable bonds is 1. The molecule has 2 aromatic carbocycles. The van der Waals surface area contributed by atoms with E-state index in [1.165, 1.54) is 27.9 Å². The molecule has 0 unspecified atom stereocenters. The summed E-state index contributed by atoms with van der Waals surface area (Å²) in [5.41, 5.74) is 8.48. The number of benzene rings is 2. The average Bonchev–Trinajstić information content (AvgIpc) is 2.81. The Hall–Kier alpha value is -2.41. The van der Waals surface area contributed by atoms with Gasteiger partial charge in [-0.15, -0.1) is 0 Å². The topological polar surface area (TPSA) is 3.88 Å². The van der Waals surface area contributed by atoms with Gasteiger partial charge in [0.05, 0.1) is 0 Å². The van der Waals surface area contributed by atoms with Gasteiger partial charge in [0.1, 0.15) is 7.05 Å². The van der Waals surface area contributed by atoms with Gasteiger partial charge in [-0.25, -0.2) is 4.57 Å². The van der Waals surface area contributed by atoms with Crippen molar-refractivity contribution in [2.45, 2.75) is 33.0 Å². The SMILES string of the molecule is [2H]C([2H])([2H])c1ccc2c(c1)-c1cc(C)c(-c3cccc[n+]3C)cc1C2(C)C. The van der Waals surface area contributed by atoms with E-state index in [0.717, 1.165) is 11.1 Å². The molecular weight excluding hydrogens is 290 g/mol. The Balaban J connectivity index is 1.97. The van der Waals surface area contributed by atoms with Crippen LogP contribution in [0.25, 0.3) is 22.4 Å². The molecule has 1 aliphatic rings. The second kappa shape index (κ2) is 5.04. The number of hydrogen-bond acceptors (Lipinski definition) is 0. The van der Waals surface area contributed by atoms with Crippen LogP contribution in [-0.4, -0.2) is 0 Å². The van der Waals surface area contributed by atoms with Crippen molar-refractivity contribution >= 4 is 0 Å². The third kappa shape index (κ3) is 2.04. The van der Waals surface area contributed by atoms with Crippen molar-refractivity contribution in [3.8, 4) is 22.4 Å². The van der Waals surface area contributed by atoms with Crippen molar-refractivity contribution in [2.75, 3.05) is 0 Å². The highest BCUT2D eigenvalue weighted by atomic mass is 14.9. The summed E-state index contributed by atoms with van der Waals surface area (Å²) in [7, 11) is 2.06. The van der Waals surface area contributed by atoms with E-state index >= 15 is 0 Å². The van der Waals surface area contributed by atoms with Gasteiger partial charge in [-0.05, 0) is 53.7 Å².